The molecule has 0 saturated carbocycles. The van der Waals surface area contributed by atoms with Crippen molar-refractivity contribution in [2.45, 2.75) is 26.4 Å². The van der Waals surface area contributed by atoms with Crippen LogP contribution in [0.4, 0.5) is 0 Å². The second-order valence-electron chi connectivity index (χ2n) is 6.93. The molecule has 140 valence electrons. The maximum atomic E-state index is 13.2. The van der Waals surface area contributed by atoms with Gasteiger partial charge >= 0.3 is 0 Å². The van der Waals surface area contributed by atoms with Gasteiger partial charge in [0.1, 0.15) is 5.75 Å². The third kappa shape index (κ3) is 3.65. The first-order valence-corrected chi connectivity index (χ1v) is 9.41. The largest absolute Gasteiger partial charge is 0.507 e. The molecule has 0 amide bonds. The van der Waals surface area contributed by atoms with Crippen LogP contribution in [0.15, 0.2) is 35.1 Å². The van der Waals surface area contributed by atoms with E-state index < -0.39 is 0 Å². The van der Waals surface area contributed by atoms with Crippen LogP contribution in [-0.4, -0.2) is 52.7 Å². The molecule has 5 nitrogen and oxygen atoms in total. The second-order valence-corrected chi connectivity index (χ2v) is 7.36. The highest BCUT2D eigenvalue weighted by molar-refractivity contribution is 6.30. The van der Waals surface area contributed by atoms with Crippen LogP contribution in [0.3, 0.4) is 0 Å². The molecule has 2 aromatic rings. The Morgan fingerprint density at radius 1 is 1.15 bits per heavy atom. The van der Waals surface area contributed by atoms with Gasteiger partial charge in [-0.05, 0) is 44.7 Å². The summed E-state index contributed by atoms with van der Waals surface area (Å²) in [5.41, 5.74) is 2.07. The van der Waals surface area contributed by atoms with E-state index in [0.29, 0.717) is 17.1 Å². The summed E-state index contributed by atoms with van der Waals surface area (Å²) >= 11 is 6.06. The van der Waals surface area contributed by atoms with Gasteiger partial charge in [0.15, 0.2) is 0 Å². The van der Waals surface area contributed by atoms with Crippen LogP contribution in [0.2, 0.25) is 5.02 Å². The molecular weight excluding hydrogens is 350 g/mol. The first kappa shape index (κ1) is 19.0. The number of hydrogen-bond donors (Lipinski definition) is 1. The number of rotatable bonds is 4. The molecule has 26 heavy (non-hydrogen) atoms. The topological polar surface area (TPSA) is 48.7 Å². The lowest BCUT2D eigenvalue weighted by Crippen LogP contribution is -2.47. The van der Waals surface area contributed by atoms with Gasteiger partial charge in [-0.15, -0.1) is 0 Å². The summed E-state index contributed by atoms with van der Waals surface area (Å²) in [7, 11) is 2.10. The number of aromatic nitrogens is 1. The second kappa shape index (κ2) is 7.82. The summed E-state index contributed by atoms with van der Waals surface area (Å²) in [5.74, 6) is 0.0658. The molecule has 1 fully saturated rings. The van der Waals surface area contributed by atoms with E-state index >= 15 is 0 Å². The van der Waals surface area contributed by atoms with Crippen molar-refractivity contribution in [2.24, 2.45) is 0 Å². The minimum atomic E-state index is -0.285. The maximum absolute atomic E-state index is 13.2. The molecule has 0 spiro atoms. The Hall–Kier alpha value is -1.82. The predicted octanol–water partition coefficient (Wildman–Crippen LogP) is 2.87. The smallest absolute Gasteiger partial charge is 0.259 e. The van der Waals surface area contributed by atoms with Crippen LogP contribution in [0, 0.1) is 6.92 Å². The molecule has 0 unspecified atom stereocenters. The summed E-state index contributed by atoms with van der Waals surface area (Å²) in [6, 6.07) is 8.97. The Morgan fingerprint density at radius 2 is 1.77 bits per heavy atom. The molecule has 1 aromatic heterocycles. The van der Waals surface area contributed by atoms with Gasteiger partial charge in [-0.25, -0.2) is 0 Å². The lowest BCUT2D eigenvalue weighted by molar-refractivity contribution is 0.125. The van der Waals surface area contributed by atoms with E-state index in [4.69, 9.17) is 11.6 Å². The molecule has 3 rings (SSSR count). The number of piperazine rings is 1. The molecule has 1 aliphatic rings. The Labute approximate surface area is 159 Å². The highest BCUT2D eigenvalue weighted by Gasteiger charge is 2.30. The number of nitrogens with zero attached hydrogens (tertiary/aromatic N) is 3. The van der Waals surface area contributed by atoms with Crippen molar-refractivity contribution < 1.29 is 5.11 Å². The van der Waals surface area contributed by atoms with E-state index in [1.807, 2.05) is 38.1 Å². The van der Waals surface area contributed by atoms with E-state index in [0.717, 1.165) is 37.4 Å². The number of likely N-dealkylation sites (N-methyl/N-ethyl adjacent to an activating group) is 1. The lowest BCUT2D eigenvalue weighted by Gasteiger charge is -2.38. The van der Waals surface area contributed by atoms with E-state index in [1.54, 1.807) is 10.6 Å². The van der Waals surface area contributed by atoms with Crippen LogP contribution in [-0.2, 0) is 6.54 Å². The summed E-state index contributed by atoms with van der Waals surface area (Å²) in [6.45, 7) is 7.90. The molecule has 1 aromatic carbocycles. The zero-order valence-electron chi connectivity index (χ0n) is 15.6. The minimum absolute atomic E-state index is 0.0658. The third-order valence-electron chi connectivity index (χ3n) is 5.20. The van der Waals surface area contributed by atoms with Gasteiger partial charge < -0.3 is 14.6 Å². The lowest BCUT2D eigenvalue weighted by atomic mass is 9.96. The van der Waals surface area contributed by atoms with Gasteiger partial charge in [-0.2, -0.15) is 0 Å². The monoisotopic (exact) mass is 375 g/mol. The third-order valence-corrected chi connectivity index (χ3v) is 5.45. The minimum Gasteiger partial charge on any atom is -0.507 e. The predicted molar refractivity (Wildman–Crippen MR) is 105 cm³/mol. The average Bonchev–Trinajstić information content (AvgIpc) is 2.61. The number of benzene rings is 1. The summed E-state index contributed by atoms with van der Waals surface area (Å²) in [4.78, 5) is 17.7. The average molecular weight is 376 g/mol. The van der Waals surface area contributed by atoms with Crippen molar-refractivity contribution in [3.05, 3.63) is 62.5 Å². The van der Waals surface area contributed by atoms with E-state index in [2.05, 4.69) is 16.8 Å². The number of halogens is 1. The van der Waals surface area contributed by atoms with Crippen molar-refractivity contribution in [3.8, 4) is 5.75 Å². The molecule has 0 aliphatic carbocycles. The summed E-state index contributed by atoms with van der Waals surface area (Å²) in [6.07, 6.45) is 0. The molecule has 1 N–H and O–H groups in total. The first-order chi connectivity index (χ1) is 12.4. The van der Waals surface area contributed by atoms with Gasteiger partial charge in [0.05, 0.1) is 11.6 Å². The Bertz CT molecular complexity index is 824. The van der Waals surface area contributed by atoms with Crippen LogP contribution >= 0.6 is 11.6 Å². The number of aryl methyl sites for hydroxylation is 1. The number of aromatic hydroxyl groups is 1. The quantitative estimate of drug-likeness (QED) is 0.892. The maximum Gasteiger partial charge on any atom is 0.259 e. The van der Waals surface area contributed by atoms with Gasteiger partial charge in [-0.3, -0.25) is 9.69 Å². The fraction of sp³-hybridized carbons (Fsp3) is 0.450. The number of pyridine rings is 1. The van der Waals surface area contributed by atoms with E-state index in [-0.39, 0.29) is 17.4 Å². The van der Waals surface area contributed by atoms with Gasteiger partial charge in [0.2, 0.25) is 0 Å². The molecular formula is C20H26ClN3O2. The van der Waals surface area contributed by atoms with Gasteiger partial charge in [0, 0.05) is 43.4 Å². The summed E-state index contributed by atoms with van der Waals surface area (Å²) in [5, 5.41) is 11.3. The van der Waals surface area contributed by atoms with Crippen molar-refractivity contribution in [1.29, 1.82) is 0 Å². The molecule has 1 saturated heterocycles. The van der Waals surface area contributed by atoms with Gasteiger partial charge in [-0.1, -0.05) is 23.7 Å². The van der Waals surface area contributed by atoms with Crippen molar-refractivity contribution in [2.75, 3.05) is 33.2 Å². The Morgan fingerprint density at radius 3 is 2.35 bits per heavy atom. The zero-order chi connectivity index (χ0) is 18.8. The summed E-state index contributed by atoms with van der Waals surface area (Å²) < 4.78 is 1.72. The standard InChI is InChI=1S/C20H26ClN3O2/c1-4-24-14(2)13-17(25)18(20(24)26)19(15-5-7-16(21)8-6-15)23-11-9-22(3)10-12-23/h5-8,13,19,25H,4,9-12H2,1-3H3/t19-/m0/s1. The zero-order valence-corrected chi connectivity index (χ0v) is 16.3. The highest BCUT2D eigenvalue weighted by Crippen LogP contribution is 2.33. The van der Waals surface area contributed by atoms with Crippen LogP contribution in [0.1, 0.15) is 29.8 Å². The first-order valence-electron chi connectivity index (χ1n) is 9.03. The van der Waals surface area contributed by atoms with Crippen molar-refractivity contribution >= 4 is 11.6 Å². The fourth-order valence-electron chi connectivity index (χ4n) is 3.70. The molecule has 0 radical (unpaired) electrons. The number of hydrogen-bond acceptors (Lipinski definition) is 4. The van der Waals surface area contributed by atoms with Crippen LogP contribution < -0.4 is 5.56 Å². The van der Waals surface area contributed by atoms with Crippen LogP contribution in [0.25, 0.3) is 0 Å². The van der Waals surface area contributed by atoms with Crippen LogP contribution in [0.5, 0.6) is 5.75 Å². The molecule has 2 heterocycles. The van der Waals surface area contributed by atoms with E-state index in [9.17, 15) is 9.90 Å². The van der Waals surface area contributed by atoms with Crippen molar-refractivity contribution in [3.63, 3.8) is 0 Å². The van der Waals surface area contributed by atoms with Gasteiger partial charge in [0.25, 0.3) is 5.56 Å². The molecule has 1 aliphatic heterocycles. The molecule has 0 bridgehead atoms. The molecule has 1 atom stereocenters. The Balaban J connectivity index is 2.15. The molecule has 6 heteroatoms. The normalized spacial score (nSPS) is 17.4. The fourth-order valence-corrected chi connectivity index (χ4v) is 3.83. The van der Waals surface area contributed by atoms with E-state index in [1.165, 1.54) is 0 Å². The highest BCUT2D eigenvalue weighted by atomic mass is 35.5. The Kier molecular flexibility index (Phi) is 5.70. The van der Waals surface area contributed by atoms with Crippen molar-refractivity contribution in [1.82, 2.24) is 14.4 Å². The SMILES string of the molecule is CCn1c(C)cc(O)c([C@H](c2ccc(Cl)cc2)N2CCN(C)CC2)c1=O.